The Morgan fingerprint density at radius 2 is 2.50 bits per heavy atom. The molecule has 0 spiro atoms. The molecule has 0 saturated heterocycles. The number of hydrogen-bond acceptors (Lipinski definition) is 3. The van der Waals surface area contributed by atoms with Crippen molar-refractivity contribution in [3.63, 3.8) is 0 Å². The highest BCUT2D eigenvalue weighted by Gasteiger charge is 2.08. The summed E-state index contributed by atoms with van der Waals surface area (Å²) in [7, 11) is 0. The highest BCUT2D eigenvalue weighted by Crippen LogP contribution is 2.15. The zero-order valence-electron chi connectivity index (χ0n) is 7.16. The van der Waals surface area contributed by atoms with E-state index in [1.165, 1.54) is 24.4 Å². The molecule has 1 unspecified atom stereocenters. The molecular weight excluding hydrogens is 236 g/mol. The predicted octanol–water partition coefficient (Wildman–Crippen LogP) is 2.89. The highest BCUT2D eigenvalue weighted by molar-refractivity contribution is 9.09. The third kappa shape index (κ3) is 3.19. The van der Waals surface area contributed by atoms with Crippen LogP contribution in [0.1, 0.15) is 25.5 Å². The van der Waals surface area contributed by atoms with Gasteiger partial charge in [-0.15, -0.1) is 5.10 Å². The first kappa shape index (κ1) is 10.1. The maximum absolute atomic E-state index is 4.03. The molecule has 4 heteroatoms. The minimum Gasteiger partial charge on any atom is -0.143 e. The fourth-order valence-corrected chi connectivity index (χ4v) is 2.23. The zero-order chi connectivity index (χ0) is 8.81. The van der Waals surface area contributed by atoms with Crippen molar-refractivity contribution < 1.29 is 0 Å². The minimum atomic E-state index is 0.721. The molecule has 0 aliphatic heterocycles. The maximum Gasteiger partial charge on any atom is 0.0758 e. The van der Waals surface area contributed by atoms with Crippen LogP contribution in [0.25, 0.3) is 0 Å². The van der Waals surface area contributed by atoms with Gasteiger partial charge < -0.3 is 0 Å². The van der Waals surface area contributed by atoms with Crippen molar-refractivity contribution in [2.75, 3.05) is 5.33 Å². The largest absolute Gasteiger partial charge is 0.143 e. The summed E-state index contributed by atoms with van der Waals surface area (Å²) >= 11 is 4.95. The van der Waals surface area contributed by atoms with Gasteiger partial charge >= 0.3 is 0 Å². The van der Waals surface area contributed by atoms with Gasteiger partial charge in [0.25, 0.3) is 0 Å². The molecule has 0 aliphatic carbocycles. The fourth-order valence-electron chi connectivity index (χ4n) is 1.21. The first-order chi connectivity index (χ1) is 5.86. The van der Waals surface area contributed by atoms with E-state index in [-0.39, 0.29) is 0 Å². The average molecular weight is 249 g/mol. The van der Waals surface area contributed by atoms with Crippen molar-refractivity contribution in [1.82, 2.24) is 9.59 Å². The third-order valence-corrected chi connectivity index (χ3v) is 3.29. The molecule has 0 bridgehead atoms. The van der Waals surface area contributed by atoms with E-state index in [2.05, 4.69) is 32.4 Å². The van der Waals surface area contributed by atoms with Crippen LogP contribution >= 0.6 is 27.5 Å². The van der Waals surface area contributed by atoms with Gasteiger partial charge in [0.15, 0.2) is 0 Å². The molecule has 0 N–H and O–H groups in total. The molecule has 1 atom stereocenters. The molecule has 12 heavy (non-hydrogen) atoms. The Balaban J connectivity index is 2.37. The summed E-state index contributed by atoms with van der Waals surface area (Å²) in [6.45, 7) is 2.22. The second kappa shape index (κ2) is 5.65. The molecule has 2 nitrogen and oxygen atoms in total. The van der Waals surface area contributed by atoms with Crippen molar-refractivity contribution in [1.29, 1.82) is 0 Å². The summed E-state index contributed by atoms with van der Waals surface area (Å²) in [4.78, 5) is 0. The van der Waals surface area contributed by atoms with Crippen LogP contribution in [0.2, 0.25) is 0 Å². The van der Waals surface area contributed by atoms with Crippen LogP contribution in [0.15, 0.2) is 5.38 Å². The Bertz CT molecular complexity index is 201. The van der Waals surface area contributed by atoms with Gasteiger partial charge in [-0.3, -0.25) is 0 Å². The van der Waals surface area contributed by atoms with Gasteiger partial charge in [0.2, 0.25) is 0 Å². The van der Waals surface area contributed by atoms with Gasteiger partial charge in [0.1, 0.15) is 0 Å². The molecule has 0 radical (unpaired) electrons. The number of nitrogens with zero attached hydrogens (tertiary/aromatic N) is 2. The van der Waals surface area contributed by atoms with E-state index < -0.39 is 0 Å². The number of hydrogen-bond donors (Lipinski definition) is 0. The third-order valence-electron chi connectivity index (χ3n) is 1.82. The van der Waals surface area contributed by atoms with Crippen molar-refractivity contribution in [2.45, 2.75) is 26.2 Å². The van der Waals surface area contributed by atoms with E-state index in [0.717, 1.165) is 23.4 Å². The topological polar surface area (TPSA) is 25.8 Å². The molecule has 1 heterocycles. The normalized spacial score (nSPS) is 13.2. The molecule has 1 aromatic heterocycles. The van der Waals surface area contributed by atoms with Gasteiger partial charge in [0, 0.05) is 10.7 Å². The maximum atomic E-state index is 4.03. The van der Waals surface area contributed by atoms with Crippen molar-refractivity contribution in [2.24, 2.45) is 5.92 Å². The quantitative estimate of drug-likeness (QED) is 0.750. The van der Waals surface area contributed by atoms with Crippen molar-refractivity contribution in [3.05, 3.63) is 11.1 Å². The van der Waals surface area contributed by atoms with Gasteiger partial charge in [-0.2, -0.15) is 0 Å². The number of alkyl halides is 1. The predicted molar refractivity (Wildman–Crippen MR) is 55.8 cm³/mol. The van der Waals surface area contributed by atoms with E-state index in [0.29, 0.717) is 0 Å². The van der Waals surface area contributed by atoms with Crippen LogP contribution in [0.4, 0.5) is 0 Å². The van der Waals surface area contributed by atoms with Crippen LogP contribution in [-0.4, -0.2) is 14.9 Å². The lowest BCUT2D eigenvalue weighted by Crippen LogP contribution is -2.05. The van der Waals surface area contributed by atoms with Crippen LogP contribution in [0, 0.1) is 5.92 Å². The summed E-state index contributed by atoms with van der Waals surface area (Å²) in [5, 5.41) is 7.13. The Kier molecular flexibility index (Phi) is 4.76. The summed E-state index contributed by atoms with van der Waals surface area (Å²) in [6.07, 6.45) is 3.58. The molecule has 0 saturated carbocycles. The van der Waals surface area contributed by atoms with E-state index in [1.54, 1.807) is 0 Å². The molecule has 1 rings (SSSR count). The molecule has 0 amide bonds. The van der Waals surface area contributed by atoms with Crippen LogP contribution < -0.4 is 0 Å². The summed E-state index contributed by atoms with van der Waals surface area (Å²) in [5.41, 5.74) is 1.14. The second-order valence-corrected chi connectivity index (χ2v) is 4.17. The Morgan fingerprint density at radius 1 is 1.67 bits per heavy atom. The first-order valence-corrected chi connectivity index (χ1v) is 6.14. The van der Waals surface area contributed by atoms with Gasteiger partial charge in [-0.05, 0) is 30.3 Å². The van der Waals surface area contributed by atoms with Gasteiger partial charge in [-0.1, -0.05) is 33.8 Å². The standard InChI is InChI=1S/C8H13BrN2S/c1-2-3-7(5-9)4-8-6-12-11-10-8/h6-7H,2-5H2,1H3. The smallest absolute Gasteiger partial charge is 0.0758 e. The number of rotatable bonds is 5. The Hall–Kier alpha value is 0.0400. The molecular formula is C8H13BrN2S. The summed E-state index contributed by atoms with van der Waals surface area (Å²) in [5.74, 6) is 0.721. The molecule has 0 aromatic carbocycles. The molecule has 0 fully saturated rings. The lowest BCUT2D eigenvalue weighted by Gasteiger charge is -2.09. The van der Waals surface area contributed by atoms with Gasteiger partial charge in [-0.25, -0.2) is 0 Å². The first-order valence-electron chi connectivity index (χ1n) is 4.18. The number of aromatic nitrogens is 2. The Labute approximate surface area is 85.7 Å². The molecule has 68 valence electrons. The molecule has 1 aromatic rings. The monoisotopic (exact) mass is 248 g/mol. The molecule has 0 aliphatic rings. The minimum absolute atomic E-state index is 0.721. The lowest BCUT2D eigenvalue weighted by atomic mass is 10.0. The summed E-state index contributed by atoms with van der Waals surface area (Å²) < 4.78 is 3.85. The SMILES string of the molecule is CCCC(CBr)Cc1csnn1. The van der Waals surface area contributed by atoms with E-state index in [4.69, 9.17) is 0 Å². The zero-order valence-corrected chi connectivity index (χ0v) is 9.57. The van der Waals surface area contributed by atoms with Crippen LogP contribution in [0.3, 0.4) is 0 Å². The fraction of sp³-hybridized carbons (Fsp3) is 0.750. The van der Waals surface area contributed by atoms with Crippen LogP contribution in [-0.2, 0) is 6.42 Å². The van der Waals surface area contributed by atoms with E-state index in [1.807, 2.05) is 5.38 Å². The lowest BCUT2D eigenvalue weighted by molar-refractivity contribution is 0.527. The van der Waals surface area contributed by atoms with Crippen LogP contribution in [0.5, 0.6) is 0 Å². The van der Waals surface area contributed by atoms with Crippen molar-refractivity contribution in [3.8, 4) is 0 Å². The summed E-state index contributed by atoms with van der Waals surface area (Å²) in [6, 6.07) is 0. The van der Waals surface area contributed by atoms with E-state index >= 15 is 0 Å². The highest BCUT2D eigenvalue weighted by atomic mass is 79.9. The van der Waals surface area contributed by atoms with E-state index in [9.17, 15) is 0 Å². The van der Waals surface area contributed by atoms with Gasteiger partial charge in [0.05, 0.1) is 5.69 Å². The van der Waals surface area contributed by atoms with Crippen molar-refractivity contribution >= 4 is 27.5 Å². The second-order valence-electron chi connectivity index (χ2n) is 2.91. The number of halogens is 1. The Morgan fingerprint density at radius 3 is 3.00 bits per heavy atom. The average Bonchev–Trinajstić information content (AvgIpc) is 2.56.